The zero-order valence-electron chi connectivity index (χ0n) is 20.4. The fraction of sp³-hybridized carbons (Fsp3) is 0.679. The van der Waals surface area contributed by atoms with Gasteiger partial charge in [0.1, 0.15) is 5.67 Å². The van der Waals surface area contributed by atoms with Crippen LogP contribution in [0.4, 0.5) is 10.1 Å². The number of carbonyl (C=O) groups is 1. The van der Waals surface area contributed by atoms with E-state index in [1.807, 2.05) is 29.2 Å². The van der Waals surface area contributed by atoms with Crippen molar-refractivity contribution in [1.82, 2.24) is 10.1 Å². The summed E-state index contributed by atoms with van der Waals surface area (Å²) in [5.41, 5.74) is 0.138. The zero-order valence-corrected chi connectivity index (χ0v) is 22.0. The Morgan fingerprint density at radius 1 is 1.06 bits per heavy atom. The summed E-state index contributed by atoms with van der Waals surface area (Å²) < 4.78 is 20.8. The number of fused-ring (bicyclic) bond motifs is 3. The SMILES string of the molecule is CC1(c2nc(C34CCC(CN(C(=O)CC56CC(F)(C5)C6)c5cccc(Br)c5)(CC3)CC4)no2)CC1. The van der Waals surface area contributed by atoms with Crippen molar-refractivity contribution in [1.29, 1.82) is 0 Å². The minimum atomic E-state index is -0.971. The molecule has 0 aliphatic heterocycles. The molecule has 35 heavy (non-hydrogen) atoms. The third-order valence-corrected chi connectivity index (χ3v) is 10.8. The van der Waals surface area contributed by atoms with Gasteiger partial charge in [0.05, 0.1) is 0 Å². The summed E-state index contributed by atoms with van der Waals surface area (Å²) in [6.45, 7) is 2.95. The minimum absolute atomic E-state index is 0.0284. The van der Waals surface area contributed by atoms with Crippen LogP contribution in [-0.2, 0) is 15.6 Å². The van der Waals surface area contributed by atoms with Gasteiger partial charge in [0.15, 0.2) is 5.82 Å². The third-order valence-electron chi connectivity index (χ3n) is 10.3. The molecule has 0 atom stereocenters. The van der Waals surface area contributed by atoms with Gasteiger partial charge in [-0.2, -0.15) is 4.98 Å². The molecule has 0 unspecified atom stereocenters. The fourth-order valence-corrected chi connectivity index (χ4v) is 8.08. The smallest absolute Gasteiger partial charge is 0.232 e. The Balaban J connectivity index is 1.10. The molecule has 7 saturated carbocycles. The van der Waals surface area contributed by atoms with Crippen LogP contribution in [0.2, 0.25) is 0 Å². The fourth-order valence-electron chi connectivity index (χ4n) is 7.69. The number of hydrogen-bond acceptors (Lipinski definition) is 4. The molecule has 1 heterocycles. The Labute approximate surface area is 214 Å². The molecule has 5 nitrogen and oxygen atoms in total. The number of alkyl halides is 1. The van der Waals surface area contributed by atoms with Crippen LogP contribution < -0.4 is 4.90 Å². The molecule has 7 aliphatic rings. The standard InChI is InChI=1S/C28H33BrFN3O2/c1-24(5-6-24)23-31-22(32-35-23)27-10-7-25(8-11-27,9-12-27)18-33(20-4-2-3-19(29)13-20)21(34)14-26-15-28(30,16-26)17-26/h2-4,13H,5-12,14-18H2,1H3. The minimum Gasteiger partial charge on any atom is -0.339 e. The summed E-state index contributed by atoms with van der Waals surface area (Å²) in [4.78, 5) is 20.6. The number of halogens is 2. The molecule has 0 radical (unpaired) electrons. The highest BCUT2D eigenvalue weighted by Crippen LogP contribution is 2.71. The molecule has 186 valence electrons. The van der Waals surface area contributed by atoms with Crippen LogP contribution >= 0.6 is 15.9 Å². The topological polar surface area (TPSA) is 59.2 Å². The number of anilines is 1. The van der Waals surface area contributed by atoms with Gasteiger partial charge in [-0.05, 0) is 99.7 Å². The maximum absolute atomic E-state index is 14.1. The average molecular weight is 542 g/mol. The molecule has 1 aromatic carbocycles. The third kappa shape index (κ3) is 3.54. The molecular formula is C28H33BrFN3O2. The Kier molecular flexibility index (Phi) is 4.60. The van der Waals surface area contributed by atoms with E-state index in [1.54, 1.807) is 0 Å². The molecule has 1 amide bonds. The van der Waals surface area contributed by atoms with E-state index in [4.69, 9.17) is 9.51 Å². The van der Waals surface area contributed by atoms with Crippen LogP contribution in [0.25, 0.3) is 0 Å². The molecule has 7 aliphatic carbocycles. The van der Waals surface area contributed by atoms with Crippen molar-refractivity contribution in [2.24, 2.45) is 10.8 Å². The largest absolute Gasteiger partial charge is 0.339 e. The van der Waals surface area contributed by atoms with E-state index >= 15 is 0 Å². The number of hydrogen-bond donors (Lipinski definition) is 0. The van der Waals surface area contributed by atoms with Gasteiger partial charge < -0.3 is 9.42 Å². The van der Waals surface area contributed by atoms with Crippen molar-refractivity contribution in [3.63, 3.8) is 0 Å². The molecule has 7 heteroatoms. The summed E-state index contributed by atoms with van der Waals surface area (Å²) in [5.74, 6) is 1.89. The first kappa shape index (κ1) is 22.4. The summed E-state index contributed by atoms with van der Waals surface area (Å²) in [7, 11) is 0. The predicted octanol–water partition coefficient (Wildman–Crippen LogP) is 6.79. The summed E-state index contributed by atoms with van der Waals surface area (Å²) in [6.07, 6.45) is 10.8. The van der Waals surface area contributed by atoms with Gasteiger partial charge in [0.25, 0.3) is 0 Å². The first-order valence-electron chi connectivity index (χ1n) is 13.2. The Morgan fingerprint density at radius 2 is 1.74 bits per heavy atom. The van der Waals surface area contributed by atoms with Gasteiger partial charge in [-0.1, -0.05) is 34.1 Å². The first-order valence-corrected chi connectivity index (χ1v) is 14.0. The van der Waals surface area contributed by atoms with Crippen LogP contribution in [0, 0.1) is 10.8 Å². The number of carbonyl (C=O) groups excluding carboxylic acids is 1. The Bertz CT molecular complexity index is 1160. The van der Waals surface area contributed by atoms with Crippen LogP contribution in [-0.4, -0.2) is 28.3 Å². The maximum atomic E-state index is 14.1. The molecule has 2 aromatic rings. The number of aromatic nitrogens is 2. The maximum Gasteiger partial charge on any atom is 0.232 e. The van der Waals surface area contributed by atoms with Crippen molar-refractivity contribution in [2.45, 2.75) is 100 Å². The molecular weight excluding hydrogens is 509 g/mol. The second-order valence-corrected chi connectivity index (χ2v) is 14.0. The second kappa shape index (κ2) is 7.17. The molecule has 0 N–H and O–H groups in total. The molecule has 9 rings (SSSR count). The molecule has 1 aromatic heterocycles. The highest BCUT2D eigenvalue weighted by Gasteiger charge is 2.69. The number of nitrogens with zero attached hydrogens (tertiary/aromatic N) is 3. The highest BCUT2D eigenvalue weighted by molar-refractivity contribution is 9.10. The van der Waals surface area contributed by atoms with Crippen LogP contribution in [0.1, 0.15) is 95.7 Å². The van der Waals surface area contributed by atoms with E-state index in [9.17, 15) is 9.18 Å². The van der Waals surface area contributed by atoms with Crippen LogP contribution in [0.15, 0.2) is 33.3 Å². The van der Waals surface area contributed by atoms with E-state index < -0.39 is 5.67 Å². The van der Waals surface area contributed by atoms with Crippen molar-refractivity contribution < 1.29 is 13.7 Å². The molecule has 7 fully saturated rings. The van der Waals surface area contributed by atoms with Gasteiger partial charge >= 0.3 is 0 Å². The lowest BCUT2D eigenvalue weighted by atomic mass is 9.41. The van der Waals surface area contributed by atoms with E-state index in [2.05, 4.69) is 28.0 Å². The monoisotopic (exact) mass is 541 g/mol. The summed E-state index contributed by atoms with van der Waals surface area (Å²) in [6, 6.07) is 8.07. The molecule has 0 spiro atoms. The first-order chi connectivity index (χ1) is 16.6. The Morgan fingerprint density at radius 3 is 2.34 bits per heavy atom. The summed E-state index contributed by atoms with van der Waals surface area (Å²) in [5, 5.41) is 4.46. The zero-order chi connectivity index (χ0) is 24.1. The lowest BCUT2D eigenvalue weighted by molar-refractivity contribution is -0.215. The van der Waals surface area contributed by atoms with Gasteiger partial charge in [-0.3, -0.25) is 4.79 Å². The summed E-state index contributed by atoms with van der Waals surface area (Å²) >= 11 is 3.59. The van der Waals surface area contributed by atoms with Gasteiger partial charge in [0, 0.05) is 34.0 Å². The van der Waals surface area contributed by atoms with E-state index in [0.717, 1.165) is 79.8 Å². The van der Waals surface area contributed by atoms with E-state index in [0.29, 0.717) is 25.7 Å². The number of benzene rings is 1. The second-order valence-electron chi connectivity index (χ2n) is 13.1. The van der Waals surface area contributed by atoms with Crippen molar-refractivity contribution in [3.8, 4) is 0 Å². The normalized spacial score (nSPS) is 37.9. The lowest BCUT2D eigenvalue weighted by Gasteiger charge is -2.66. The lowest BCUT2D eigenvalue weighted by Crippen LogP contribution is -2.65. The number of rotatable bonds is 7. The highest BCUT2D eigenvalue weighted by atomic mass is 79.9. The quantitative estimate of drug-likeness (QED) is 0.387. The van der Waals surface area contributed by atoms with Crippen LogP contribution in [0.3, 0.4) is 0 Å². The van der Waals surface area contributed by atoms with Crippen molar-refractivity contribution in [3.05, 3.63) is 40.5 Å². The van der Waals surface area contributed by atoms with Crippen molar-refractivity contribution in [2.75, 3.05) is 11.4 Å². The Hall–Kier alpha value is -1.76. The predicted molar refractivity (Wildman–Crippen MR) is 134 cm³/mol. The molecule has 4 bridgehead atoms. The number of amides is 1. The van der Waals surface area contributed by atoms with E-state index in [1.165, 1.54) is 0 Å². The van der Waals surface area contributed by atoms with Crippen molar-refractivity contribution >= 4 is 27.5 Å². The van der Waals surface area contributed by atoms with Gasteiger partial charge in [-0.25, -0.2) is 4.39 Å². The molecule has 0 saturated heterocycles. The average Bonchev–Trinajstić information content (AvgIpc) is 3.35. The van der Waals surface area contributed by atoms with Gasteiger partial charge in [0.2, 0.25) is 11.8 Å². The van der Waals surface area contributed by atoms with Gasteiger partial charge in [-0.15, -0.1) is 0 Å². The van der Waals surface area contributed by atoms with Crippen LogP contribution in [0.5, 0.6) is 0 Å². The van der Waals surface area contributed by atoms with E-state index in [-0.39, 0.29) is 27.6 Å².